The van der Waals surface area contributed by atoms with E-state index in [-0.39, 0.29) is 5.25 Å². The predicted octanol–water partition coefficient (Wildman–Crippen LogP) is 2.14. The van der Waals surface area contributed by atoms with E-state index in [1.165, 1.54) is 0 Å². The van der Waals surface area contributed by atoms with Gasteiger partial charge in [0, 0.05) is 19.3 Å². The summed E-state index contributed by atoms with van der Waals surface area (Å²) in [5, 5.41) is 3.27. The summed E-state index contributed by atoms with van der Waals surface area (Å²) in [6.07, 6.45) is 5.33. The second-order valence-electron chi connectivity index (χ2n) is 5.53. The lowest BCUT2D eigenvalue weighted by Crippen LogP contribution is -2.31. The van der Waals surface area contributed by atoms with Crippen LogP contribution in [0.25, 0.3) is 0 Å². The molecule has 4 nitrogen and oxygen atoms in total. The van der Waals surface area contributed by atoms with Crippen LogP contribution in [0, 0.1) is 0 Å². The minimum Gasteiger partial charge on any atom is -0.381 e. The minimum atomic E-state index is -2.90. The molecule has 1 N–H and O–H groups in total. The van der Waals surface area contributed by atoms with Crippen LogP contribution < -0.4 is 5.32 Å². The molecule has 0 saturated carbocycles. The molecular formula is C14H29NO3S. The van der Waals surface area contributed by atoms with Crippen LogP contribution in [0.15, 0.2) is 0 Å². The van der Waals surface area contributed by atoms with Crippen LogP contribution in [0.5, 0.6) is 0 Å². The molecule has 0 spiro atoms. The van der Waals surface area contributed by atoms with Crippen molar-refractivity contribution in [3.05, 3.63) is 0 Å². The average molecular weight is 291 g/mol. The van der Waals surface area contributed by atoms with Crippen LogP contribution in [-0.4, -0.2) is 45.2 Å². The van der Waals surface area contributed by atoms with Crippen LogP contribution >= 0.6 is 0 Å². The van der Waals surface area contributed by atoms with Crippen LogP contribution in [0.3, 0.4) is 0 Å². The van der Waals surface area contributed by atoms with Crippen molar-refractivity contribution in [2.75, 3.05) is 25.5 Å². The van der Waals surface area contributed by atoms with Crippen molar-refractivity contribution in [2.45, 2.75) is 63.7 Å². The van der Waals surface area contributed by atoms with Gasteiger partial charge in [-0.05, 0) is 45.6 Å². The molecule has 114 valence electrons. The number of unbranched alkanes of at least 4 members (excludes halogenated alkanes) is 1. The van der Waals surface area contributed by atoms with Gasteiger partial charge in [0.15, 0.2) is 9.84 Å². The Balaban J connectivity index is 2.17. The molecule has 0 aromatic heterocycles. The molecule has 0 aromatic rings. The summed E-state index contributed by atoms with van der Waals surface area (Å²) in [6, 6.07) is 0.491. The summed E-state index contributed by atoms with van der Waals surface area (Å²) >= 11 is 0. The van der Waals surface area contributed by atoms with E-state index < -0.39 is 9.84 Å². The van der Waals surface area contributed by atoms with Gasteiger partial charge in [-0.3, -0.25) is 0 Å². The van der Waals surface area contributed by atoms with Crippen LogP contribution in [0.4, 0.5) is 0 Å². The Hall–Kier alpha value is -0.130. The van der Waals surface area contributed by atoms with E-state index in [0.29, 0.717) is 37.9 Å². The summed E-state index contributed by atoms with van der Waals surface area (Å²) < 4.78 is 29.5. The lowest BCUT2D eigenvalue weighted by Gasteiger charge is -2.22. The van der Waals surface area contributed by atoms with Gasteiger partial charge in [0.1, 0.15) is 0 Å². The van der Waals surface area contributed by atoms with E-state index in [0.717, 1.165) is 32.2 Å². The summed E-state index contributed by atoms with van der Waals surface area (Å²) in [4.78, 5) is 0. The molecule has 0 aliphatic carbocycles. The minimum absolute atomic E-state index is 0.156. The first-order chi connectivity index (χ1) is 9.06. The Kier molecular flexibility index (Phi) is 7.95. The van der Waals surface area contributed by atoms with Crippen molar-refractivity contribution >= 4 is 9.84 Å². The third kappa shape index (κ3) is 6.72. The van der Waals surface area contributed by atoms with E-state index in [2.05, 4.69) is 19.2 Å². The summed E-state index contributed by atoms with van der Waals surface area (Å²) in [6.45, 7) is 6.56. The molecule has 1 aliphatic heterocycles. The van der Waals surface area contributed by atoms with Gasteiger partial charge in [0.2, 0.25) is 0 Å². The molecular weight excluding hydrogens is 262 g/mol. The molecule has 0 bridgehead atoms. The van der Waals surface area contributed by atoms with Crippen molar-refractivity contribution in [2.24, 2.45) is 0 Å². The maximum Gasteiger partial charge on any atom is 0.153 e. The third-order valence-corrected chi connectivity index (χ3v) is 6.08. The monoisotopic (exact) mass is 291 g/mol. The highest BCUT2D eigenvalue weighted by molar-refractivity contribution is 7.92. The SMILES string of the molecule is CCCNC(C)CCCCS(=O)(=O)C1CCOCC1. The molecule has 0 amide bonds. The van der Waals surface area contributed by atoms with Gasteiger partial charge in [-0.1, -0.05) is 13.3 Å². The second-order valence-corrected chi connectivity index (χ2v) is 7.93. The van der Waals surface area contributed by atoms with Gasteiger partial charge in [-0.25, -0.2) is 8.42 Å². The Morgan fingerprint density at radius 2 is 1.95 bits per heavy atom. The van der Waals surface area contributed by atoms with Gasteiger partial charge < -0.3 is 10.1 Å². The van der Waals surface area contributed by atoms with Crippen molar-refractivity contribution in [1.29, 1.82) is 0 Å². The topological polar surface area (TPSA) is 55.4 Å². The maximum atomic E-state index is 12.1. The van der Waals surface area contributed by atoms with Gasteiger partial charge >= 0.3 is 0 Å². The summed E-state index contributed by atoms with van der Waals surface area (Å²) in [7, 11) is -2.90. The largest absolute Gasteiger partial charge is 0.381 e. The fraction of sp³-hybridized carbons (Fsp3) is 1.00. The Bertz CT molecular complexity index is 324. The maximum absolute atomic E-state index is 12.1. The van der Waals surface area contributed by atoms with Gasteiger partial charge in [0.05, 0.1) is 11.0 Å². The lowest BCUT2D eigenvalue weighted by molar-refractivity contribution is 0.0983. The van der Waals surface area contributed by atoms with E-state index >= 15 is 0 Å². The fourth-order valence-electron chi connectivity index (χ4n) is 2.45. The molecule has 5 heteroatoms. The number of hydrogen-bond donors (Lipinski definition) is 1. The van der Waals surface area contributed by atoms with Crippen LogP contribution in [0.1, 0.15) is 52.4 Å². The number of ether oxygens (including phenoxy) is 1. The first-order valence-corrected chi connectivity index (χ1v) is 9.30. The van der Waals surface area contributed by atoms with E-state index in [1.807, 2.05) is 0 Å². The van der Waals surface area contributed by atoms with E-state index in [1.54, 1.807) is 0 Å². The summed E-state index contributed by atoms with van der Waals surface area (Å²) in [5.74, 6) is 0.345. The Morgan fingerprint density at radius 1 is 1.26 bits per heavy atom. The molecule has 1 aliphatic rings. The van der Waals surface area contributed by atoms with Crippen LogP contribution in [0.2, 0.25) is 0 Å². The Labute approximate surface area is 118 Å². The lowest BCUT2D eigenvalue weighted by atomic mass is 10.1. The molecule has 0 aromatic carbocycles. The number of hydrogen-bond acceptors (Lipinski definition) is 4. The molecule has 1 atom stereocenters. The van der Waals surface area contributed by atoms with Gasteiger partial charge in [-0.2, -0.15) is 0 Å². The smallest absolute Gasteiger partial charge is 0.153 e. The van der Waals surface area contributed by atoms with Crippen molar-refractivity contribution in [3.8, 4) is 0 Å². The second kappa shape index (κ2) is 8.93. The molecule has 1 saturated heterocycles. The predicted molar refractivity (Wildman–Crippen MR) is 79.2 cm³/mol. The number of sulfone groups is 1. The van der Waals surface area contributed by atoms with Crippen LogP contribution in [-0.2, 0) is 14.6 Å². The zero-order valence-electron chi connectivity index (χ0n) is 12.4. The van der Waals surface area contributed by atoms with Gasteiger partial charge in [-0.15, -0.1) is 0 Å². The van der Waals surface area contributed by atoms with Crippen molar-refractivity contribution in [1.82, 2.24) is 5.32 Å². The molecule has 1 fully saturated rings. The highest BCUT2D eigenvalue weighted by Crippen LogP contribution is 2.18. The van der Waals surface area contributed by atoms with E-state index in [9.17, 15) is 8.42 Å². The summed E-state index contributed by atoms with van der Waals surface area (Å²) in [5.41, 5.74) is 0. The van der Waals surface area contributed by atoms with Crippen molar-refractivity contribution < 1.29 is 13.2 Å². The zero-order chi connectivity index (χ0) is 14.1. The van der Waals surface area contributed by atoms with E-state index in [4.69, 9.17) is 4.74 Å². The fourth-order valence-corrected chi connectivity index (χ4v) is 4.30. The molecule has 0 radical (unpaired) electrons. The number of rotatable bonds is 9. The molecule has 19 heavy (non-hydrogen) atoms. The molecule has 1 unspecified atom stereocenters. The normalized spacial score (nSPS) is 19.5. The third-order valence-electron chi connectivity index (χ3n) is 3.73. The van der Waals surface area contributed by atoms with Crippen molar-refractivity contribution in [3.63, 3.8) is 0 Å². The first kappa shape index (κ1) is 16.9. The first-order valence-electron chi connectivity index (χ1n) is 7.59. The zero-order valence-corrected chi connectivity index (χ0v) is 13.2. The standard InChI is InChI=1S/C14H29NO3S/c1-3-9-15-13(2)6-4-5-12-19(16,17)14-7-10-18-11-8-14/h13-15H,3-12H2,1-2H3. The molecule has 1 heterocycles. The Morgan fingerprint density at radius 3 is 2.58 bits per heavy atom. The molecule has 1 rings (SSSR count). The highest BCUT2D eigenvalue weighted by Gasteiger charge is 2.26. The quantitative estimate of drug-likeness (QED) is 0.661. The number of nitrogens with one attached hydrogen (secondary N) is 1. The average Bonchev–Trinajstić information content (AvgIpc) is 2.42. The van der Waals surface area contributed by atoms with Gasteiger partial charge in [0.25, 0.3) is 0 Å². The highest BCUT2D eigenvalue weighted by atomic mass is 32.2.